The van der Waals surface area contributed by atoms with Gasteiger partial charge < -0.3 is 10.5 Å². The van der Waals surface area contributed by atoms with Crippen LogP contribution in [0, 0.1) is 0 Å². The van der Waals surface area contributed by atoms with Crippen molar-refractivity contribution in [1.29, 1.82) is 0 Å². The van der Waals surface area contributed by atoms with Crippen molar-refractivity contribution >= 4 is 39.3 Å². The van der Waals surface area contributed by atoms with E-state index in [0.29, 0.717) is 0 Å². The minimum atomic E-state index is -4.14. The standard InChI is InChI=1S/C9H12ClN3O4S/c1-2-17-9(14)13-18(15,16)12-8-6(10)4-3-5-7(8)11/h3-5,12H,2,11H2,1H3,(H,13,14). The number of ether oxygens (including phenoxy) is 1. The van der Waals surface area contributed by atoms with Gasteiger partial charge in [-0.2, -0.15) is 8.42 Å². The highest BCUT2D eigenvalue weighted by molar-refractivity contribution is 7.91. The van der Waals surface area contributed by atoms with Crippen LogP contribution in [0.1, 0.15) is 6.92 Å². The van der Waals surface area contributed by atoms with Crippen LogP contribution in [0.4, 0.5) is 16.2 Å². The number of carbonyl (C=O) groups excluding carboxylic acids is 1. The maximum absolute atomic E-state index is 11.6. The maximum Gasteiger partial charge on any atom is 0.422 e. The molecule has 1 aromatic carbocycles. The first-order valence-corrected chi connectivity index (χ1v) is 6.73. The summed E-state index contributed by atoms with van der Waals surface area (Å²) < 4.78 is 31.2. The van der Waals surface area contributed by atoms with E-state index in [2.05, 4.69) is 4.74 Å². The molecule has 0 aromatic heterocycles. The molecule has 0 aliphatic heterocycles. The Kier molecular flexibility index (Phi) is 4.62. The SMILES string of the molecule is CCOC(=O)NS(=O)(=O)Nc1c(N)cccc1Cl. The lowest BCUT2D eigenvalue weighted by molar-refractivity contribution is 0.159. The number of amides is 1. The molecule has 1 amide bonds. The number of para-hydroxylation sites is 1. The quantitative estimate of drug-likeness (QED) is 0.725. The Bertz CT molecular complexity index is 526. The van der Waals surface area contributed by atoms with Crippen molar-refractivity contribution in [2.45, 2.75) is 6.92 Å². The third-order valence-corrected chi connectivity index (χ3v) is 3.00. The molecule has 0 aliphatic rings. The van der Waals surface area contributed by atoms with E-state index in [1.54, 1.807) is 17.7 Å². The van der Waals surface area contributed by atoms with Crippen LogP contribution >= 0.6 is 11.6 Å². The van der Waals surface area contributed by atoms with Gasteiger partial charge >= 0.3 is 16.3 Å². The molecule has 0 unspecified atom stereocenters. The topological polar surface area (TPSA) is 111 Å². The number of carbonyl (C=O) groups is 1. The van der Waals surface area contributed by atoms with Crippen LogP contribution in [-0.4, -0.2) is 21.1 Å². The van der Waals surface area contributed by atoms with E-state index in [1.165, 1.54) is 12.1 Å². The number of nitrogens with two attached hydrogens (primary N) is 1. The van der Waals surface area contributed by atoms with Crippen molar-refractivity contribution in [2.24, 2.45) is 0 Å². The Balaban J connectivity index is 2.86. The van der Waals surface area contributed by atoms with E-state index in [9.17, 15) is 13.2 Å². The van der Waals surface area contributed by atoms with Crippen LogP contribution in [0.3, 0.4) is 0 Å². The van der Waals surface area contributed by atoms with E-state index in [1.807, 2.05) is 4.72 Å². The summed E-state index contributed by atoms with van der Waals surface area (Å²) in [6, 6.07) is 4.49. The summed E-state index contributed by atoms with van der Waals surface area (Å²) in [6.07, 6.45) is -1.09. The smallest absolute Gasteiger partial charge is 0.422 e. The fourth-order valence-corrected chi connectivity index (χ4v) is 2.19. The highest BCUT2D eigenvalue weighted by Gasteiger charge is 2.17. The number of benzene rings is 1. The molecule has 18 heavy (non-hydrogen) atoms. The molecule has 0 bridgehead atoms. The van der Waals surface area contributed by atoms with Crippen molar-refractivity contribution in [3.63, 3.8) is 0 Å². The van der Waals surface area contributed by atoms with Gasteiger partial charge in [0.15, 0.2) is 0 Å². The van der Waals surface area contributed by atoms with Gasteiger partial charge in [0.1, 0.15) is 0 Å². The molecule has 0 radical (unpaired) electrons. The van der Waals surface area contributed by atoms with Gasteiger partial charge in [-0.25, -0.2) is 9.52 Å². The van der Waals surface area contributed by atoms with Gasteiger partial charge in [-0.05, 0) is 19.1 Å². The summed E-state index contributed by atoms with van der Waals surface area (Å²) in [5.74, 6) is 0. The molecule has 9 heteroatoms. The summed E-state index contributed by atoms with van der Waals surface area (Å²) in [5, 5.41) is 0.115. The van der Waals surface area contributed by atoms with Gasteiger partial charge in [-0.3, -0.25) is 4.72 Å². The van der Waals surface area contributed by atoms with Crippen molar-refractivity contribution in [3.8, 4) is 0 Å². The number of nitrogen functional groups attached to an aromatic ring is 1. The molecular formula is C9H12ClN3O4S. The number of nitrogens with one attached hydrogen (secondary N) is 2. The fourth-order valence-electron chi connectivity index (χ4n) is 1.08. The molecule has 1 rings (SSSR count). The largest absolute Gasteiger partial charge is 0.449 e. The Hall–Kier alpha value is -1.67. The van der Waals surface area contributed by atoms with Crippen molar-refractivity contribution < 1.29 is 17.9 Å². The summed E-state index contributed by atoms with van der Waals surface area (Å²) in [5.41, 5.74) is 5.69. The van der Waals surface area contributed by atoms with Crippen LogP contribution < -0.4 is 15.2 Å². The van der Waals surface area contributed by atoms with Gasteiger partial charge in [0.25, 0.3) is 0 Å². The molecule has 7 nitrogen and oxygen atoms in total. The Morgan fingerprint density at radius 3 is 2.72 bits per heavy atom. The second kappa shape index (κ2) is 5.78. The van der Waals surface area contributed by atoms with Crippen molar-refractivity contribution in [3.05, 3.63) is 23.2 Å². The predicted molar refractivity (Wildman–Crippen MR) is 68.6 cm³/mol. The third kappa shape index (κ3) is 3.97. The lowest BCUT2D eigenvalue weighted by Gasteiger charge is -2.12. The highest BCUT2D eigenvalue weighted by Crippen LogP contribution is 2.28. The van der Waals surface area contributed by atoms with Gasteiger partial charge in [0.05, 0.1) is 23.0 Å². The van der Waals surface area contributed by atoms with Crippen LogP contribution in [0.15, 0.2) is 18.2 Å². The van der Waals surface area contributed by atoms with E-state index < -0.39 is 16.3 Å². The first-order chi connectivity index (χ1) is 8.35. The summed E-state index contributed by atoms with van der Waals surface area (Å²) in [4.78, 5) is 11.0. The zero-order valence-electron chi connectivity index (χ0n) is 9.44. The molecule has 1 aromatic rings. The number of rotatable bonds is 4. The third-order valence-electron chi connectivity index (χ3n) is 1.78. The Morgan fingerprint density at radius 2 is 2.17 bits per heavy atom. The normalized spacial score (nSPS) is 10.8. The second-order valence-electron chi connectivity index (χ2n) is 3.13. The average molecular weight is 294 g/mol. The molecule has 0 saturated heterocycles. The zero-order valence-corrected chi connectivity index (χ0v) is 11.0. The number of halogens is 1. The minimum absolute atomic E-state index is 0.00374. The Morgan fingerprint density at radius 1 is 1.50 bits per heavy atom. The molecule has 0 spiro atoms. The van der Waals surface area contributed by atoms with Crippen molar-refractivity contribution in [2.75, 3.05) is 17.1 Å². The van der Waals surface area contributed by atoms with E-state index in [4.69, 9.17) is 17.3 Å². The summed E-state index contributed by atoms with van der Waals surface area (Å²) >= 11 is 5.78. The van der Waals surface area contributed by atoms with Gasteiger partial charge in [-0.1, -0.05) is 17.7 Å². The average Bonchev–Trinajstić information content (AvgIpc) is 2.23. The first kappa shape index (κ1) is 14.4. The number of hydrogen-bond donors (Lipinski definition) is 3. The van der Waals surface area contributed by atoms with Crippen LogP contribution in [0.5, 0.6) is 0 Å². The second-order valence-corrected chi connectivity index (χ2v) is 4.95. The monoisotopic (exact) mass is 293 g/mol. The number of anilines is 2. The van der Waals surface area contributed by atoms with Crippen molar-refractivity contribution in [1.82, 2.24) is 4.72 Å². The van der Waals surface area contributed by atoms with E-state index in [0.717, 1.165) is 0 Å². The first-order valence-electron chi connectivity index (χ1n) is 4.87. The molecule has 4 N–H and O–H groups in total. The van der Waals surface area contributed by atoms with E-state index in [-0.39, 0.29) is 23.0 Å². The molecule has 0 atom stereocenters. The molecule has 100 valence electrons. The maximum atomic E-state index is 11.6. The summed E-state index contributed by atoms with van der Waals surface area (Å²) in [6.45, 7) is 1.60. The lowest BCUT2D eigenvalue weighted by Crippen LogP contribution is -2.36. The summed E-state index contributed by atoms with van der Waals surface area (Å²) in [7, 11) is -4.14. The predicted octanol–water partition coefficient (Wildman–Crippen LogP) is 1.32. The number of hydrogen-bond acceptors (Lipinski definition) is 5. The van der Waals surface area contributed by atoms with Crippen LogP contribution in [-0.2, 0) is 14.9 Å². The molecule has 0 aliphatic carbocycles. The lowest BCUT2D eigenvalue weighted by atomic mass is 10.3. The van der Waals surface area contributed by atoms with Gasteiger partial charge in [-0.15, -0.1) is 0 Å². The fraction of sp³-hybridized carbons (Fsp3) is 0.222. The minimum Gasteiger partial charge on any atom is -0.449 e. The van der Waals surface area contributed by atoms with Gasteiger partial charge in [0, 0.05) is 0 Å². The zero-order chi connectivity index (χ0) is 13.8. The molecule has 0 heterocycles. The van der Waals surface area contributed by atoms with Gasteiger partial charge in [0.2, 0.25) is 0 Å². The Labute approximate surface area is 109 Å². The van der Waals surface area contributed by atoms with E-state index >= 15 is 0 Å². The molecule has 0 fully saturated rings. The van der Waals surface area contributed by atoms with Crippen LogP contribution in [0.2, 0.25) is 5.02 Å². The molecule has 0 saturated carbocycles. The van der Waals surface area contributed by atoms with Crippen LogP contribution in [0.25, 0.3) is 0 Å². The highest BCUT2D eigenvalue weighted by atomic mass is 35.5. The molecular weight excluding hydrogens is 282 g/mol.